The highest BCUT2D eigenvalue weighted by atomic mass is 35.5. The van der Waals surface area contributed by atoms with Crippen LogP contribution in [0.2, 0.25) is 5.02 Å². The van der Waals surface area contributed by atoms with Gasteiger partial charge in [-0.05, 0) is 46.2 Å². The smallest absolute Gasteiger partial charge is 0.147 e. The summed E-state index contributed by atoms with van der Waals surface area (Å²) in [6, 6.07) is 2.01. The molecular weight excluding hydrogens is 286 g/mol. The largest absolute Gasteiger partial charge is 0.377 e. The molecule has 118 valence electrons. The molecule has 0 aliphatic carbocycles. The first kappa shape index (κ1) is 16.5. The van der Waals surface area contributed by atoms with E-state index in [1.54, 1.807) is 0 Å². The second kappa shape index (κ2) is 6.11. The number of anilines is 1. The zero-order valence-corrected chi connectivity index (χ0v) is 14.4. The second-order valence-corrected chi connectivity index (χ2v) is 7.68. The predicted octanol–water partition coefficient (Wildman–Crippen LogP) is 3.24. The van der Waals surface area contributed by atoms with Crippen LogP contribution in [0.1, 0.15) is 40.2 Å². The Morgan fingerprint density at radius 3 is 2.71 bits per heavy atom. The molecule has 0 radical (unpaired) electrons. The van der Waals surface area contributed by atoms with Gasteiger partial charge < -0.3 is 15.0 Å². The molecule has 0 atom stereocenters. The van der Waals surface area contributed by atoms with Crippen molar-refractivity contribution in [1.82, 2.24) is 10.3 Å². The molecule has 1 aliphatic rings. The van der Waals surface area contributed by atoms with Gasteiger partial charge in [0, 0.05) is 24.8 Å². The number of halogens is 1. The van der Waals surface area contributed by atoms with Gasteiger partial charge in [-0.2, -0.15) is 0 Å². The molecule has 0 spiro atoms. The minimum absolute atomic E-state index is 0.0807. The molecule has 0 unspecified atom stereocenters. The van der Waals surface area contributed by atoms with Crippen molar-refractivity contribution in [3.8, 4) is 0 Å². The lowest BCUT2D eigenvalue weighted by Gasteiger charge is -2.43. The van der Waals surface area contributed by atoms with Crippen molar-refractivity contribution in [3.63, 3.8) is 0 Å². The van der Waals surface area contributed by atoms with Gasteiger partial charge in [-0.15, -0.1) is 0 Å². The molecule has 4 nitrogen and oxygen atoms in total. The molecule has 0 saturated carbocycles. The van der Waals surface area contributed by atoms with Crippen molar-refractivity contribution in [2.75, 3.05) is 24.7 Å². The van der Waals surface area contributed by atoms with Gasteiger partial charge in [-0.3, -0.25) is 0 Å². The number of pyridine rings is 1. The van der Waals surface area contributed by atoms with Gasteiger partial charge in [-0.1, -0.05) is 11.6 Å². The summed E-state index contributed by atoms with van der Waals surface area (Å²) >= 11 is 6.47. The number of hydrogen-bond acceptors (Lipinski definition) is 4. The number of nitrogens with one attached hydrogen (secondary N) is 1. The fourth-order valence-corrected chi connectivity index (χ4v) is 2.67. The SMILES string of the molecule is CC(C)(C)NCc1cnc(N2CCOCC2(C)C)c(Cl)c1. The van der Waals surface area contributed by atoms with Crippen molar-refractivity contribution < 1.29 is 4.74 Å². The molecule has 1 aromatic heterocycles. The summed E-state index contributed by atoms with van der Waals surface area (Å²) in [6.07, 6.45) is 1.91. The van der Waals surface area contributed by atoms with E-state index in [0.717, 1.165) is 31.1 Å². The molecule has 1 N–H and O–H groups in total. The minimum atomic E-state index is -0.0833. The van der Waals surface area contributed by atoms with Gasteiger partial charge in [0.25, 0.3) is 0 Å². The Hall–Kier alpha value is -0.840. The maximum atomic E-state index is 6.47. The minimum Gasteiger partial charge on any atom is -0.377 e. The normalized spacial score (nSPS) is 18.9. The summed E-state index contributed by atoms with van der Waals surface area (Å²) in [6.45, 7) is 13.7. The van der Waals surface area contributed by atoms with E-state index in [-0.39, 0.29) is 11.1 Å². The molecule has 1 fully saturated rings. The average Bonchev–Trinajstić information content (AvgIpc) is 2.36. The standard InChI is InChI=1S/C16H26ClN3O/c1-15(2,3)19-10-12-8-13(17)14(18-9-12)20-6-7-21-11-16(20,4)5/h8-9,19H,6-7,10-11H2,1-5H3. The fraction of sp³-hybridized carbons (Fsp3) is 0.688. The Bertz CT molecular complexity index is 497. The lowest BCUT2D eigenvalue weighted by Crippen LogP contribution is -2.53. The van der Waals surface area contributed by atoms with Crippen LogP contribution in [-0.4, -0.2) is 35.8 Å². The summed E-state index contributed by atoms with van der Waals surface area (Å²) < 4.78 is 5.55. The maximum absolute atomic E-state index is 6.47. The van der Waals surface area contributed by atoms with Gasteiger partial charge in [0.2, 0.25) is 0 Å². The van der Waals surface area contributed by atoms with Crippen LogP contribution in [0.25, 0.3) is 0 Å². The van der Waals surface area contributed by atoms with E-state index in [1.165, 1.54) is 0 Å². The highest BCUT2D eigenvalue weighted by Crippen LogP contribution is 2.31. The van der Waals surface area contributed by atoms with E-state index in [4.69, 9.17) is 16.3 Å². The Morgan fingerprint density at radius 1 is 1.43 bits per heavy atom. The molecular formula is C16H26ClN3O. The summed E-state index contributed by atoms with van der Waals surface area (Å²) in [5, 5.41) is 4.16. The highest BCUT2D eigenvalue weighted by molar-refractivity contribution is 6.33. The van der Waals surface area contributed by atoms with Crippen molar-refractivity contribution in [2.45, 2.75) is 52.2 Å². The zero-order valence-electron chi connectivity index (χ0n) is 13.7. The van der Waals surface area contributed by atoms with Crippen LogP contribution in [0.4, 0.5) is 5.82 Å². The van der Waals surface area contributed by atoms with Crippen LogP contribution in [0.5, 0.6) is 0 Å². The molecule has 0 aromatic carbocycles. The van der Waals surface area contributed by atoms with Crippen molar-refractivity contribution in [1.29, 1.82) is 0 Å². The number of nitrogens with zero attached hydrogens (tertiary/aromatic N) is 2. The highest BCUT2D eigenvalue weighted by Gasteiger charge is 2.32. The summed E-state index contributed by atoms with van der Waals surface area (Å²) in [4.78, 5) is 6.83. The molecule has 1 saturated heterocycles. The number of rotatable bonds is 3. The van der Waals surface area contributed by atoms with Crippen molar-refractivity contribution in [2.24, 2.45) is 0 Å². The Balaban J connectivity index is 2.15. The summed E-state index contributed by atoms with van der Waals surface area (Å²) in [5.74, 6) is 0.851. The van der Waals surface area contributed by atoms with E-state index in [2.05, 4.69) is 49.8 Å². The van der Waals surface area contributed by atoms with Gasteiger partial charge in [-0.25, -0.2) is 4.98 Å². The Labute approximate surface area is 132 Å². The van der Waals surface area contributed by atoms with Gasteiger partial charge in [0.05, 0.1) is 23.8 Å². The molecule has 2 rings (SSSR count). The first-order chi connectivity index (χ1) is 9.69. The third kappa shape index (κ3) is 4.31. The van der Waals surface area contributed by atoms with Crippen LogP contribution in [0.3, 0.4) is 0 Å². The van der Waals surface area contributed by atoms with Crippen molar-refractivity contribution in [3.05, 3.63) is 22.8 Å². The topological polar surface area (TPSA) is 37.4 Å². The van der Waals surface area contributed by atoms with E-state index in [9.17, 15) is 0 Å². The third-order valence-electron chi connectivity index (χ3n) is 3.60. The Morgan fingerprint density at radius 2 is 2.14 bits per heavy atom. The lowest BCUT2D eigenvalue weighted by molar-refractivity contribution is 0.0639. The number of ether oxygens (including phenoxy) is 1. The fourth-order valence-electron chi connectivity index (χ4n) is 2.38. The summed E-state index contributed by atoms with van der Waals surface area (Å²) in [7, 11) is 0. The summed E-state index contributed by atoms with van der Waals surface area (Å²) in [5.41, 5.74) is 1.10. The molecule has 5 heteroatoms. The van der Waals surface area contributed by atoms with Crippen LogP contribution in [-0.2, 0) is 11.3 Å². The van der Waals surface area contributed by atoms with Crippen molar-refractivity contribution >= 4 is 17.4 Å². The van der Waals surface area contributed by atoms with Crippen LogP contribution in [0.15, 0.2) is 12.3 Å². The molecule has 0 bridgehead atoms. The van der Waals surface area contributed by atoms with Crippen LogP contribution >= 0.6 is 11.6 Å². The number of hydrogen-bond donors (Lipinski definition) is 1. The Kier molecular flexibility index (Phi) is 4.81. The molecule has 21 heavy (non-hydrogen) atoms. The molecule has 1 aromatic rings. The van der Waals surface area contributed by atoms with Crippen LogP contribution < -0.4 is 10.2 Å². The van der Waals surface area contributed by atoms with Gasteiger partial charge in [0.1, 0.15) is 5.82 Å². The monoisotopic (exact) mass is 311 g/mol. The predicted molar refractivity (Wildman–Crippen MR) is 88.1 cm³/mol. The van der Waals surface area contributed by atoms with E-state index in [0.29, 0.717) is 11.6 Å². The maximum Gasteiger partial charge on any atom is 0.147 e. The zero-order chi connectivity index (χ0) is 15.7. The first-order valence-corrected chi connectivity index (χ1v) is 7.82. The van der Waals surface area contributed by atoms with E-state index in [1.807, 2.05) is 12.3 Å². The number of morpholine rings is 1. The molecule has 1 aliphatic heterocycles. The quantitative estimate of drug-likeness (QED) is 0.930. The van der Waals surface area contributed by atoms with E-state index < -0.39 is 0 Å². The second-order valence-electron chi connectivity index (χ2n) is 7.27. The van der Waals surface area contributed by atoms with Gasteiger partial charge >= 0.3 is 0 Å². The lowest BCUT2D eigenvalue weighted by atomic mass is 10.0. The third-order valence-corrected chi connectivity index (χ3v) is 3.88. The number of aromatic nitrogens is 1. The average molecular weight is 312 g/mol. The van der Waals surface area contributed by atoms with Gasteiger partial charge in [0.15, 0.2) is 0 Å². The molecule has 2 heterocycles. The first-order valence-electron chi connectivity index (χ1n) is 7.44. The van der Waals surface area contributed by atoms with E-state index >= 15 is 0 Å². The molecule has 0 amide bonds. The van der Waals surface area contributed by atoms with Crippen LogP contribution in [0, 0.1) is 0 Å².